The molecule has 0 aliphatic carbocycles. The van der Waals surface area contributed by atoms with Crippen LogP contribution < -0.4 is 5.32 Å². The average Bonchev–Trinajstić information content (AvgIpc) is 2.59. The van der Waals surface area contributed by atoms with Crippen LogP contribution in [-0.4, -0.2) is 44.0 Å². The highest BCUT2D eigenvalue weighted by atomic mass is 35.5. The number of morpholine rings is 1. The van der Waals surface area contributed by atoms with Crippen molar-refractivity contribution >= 4 is 44.7 Å². The quantitative estimate of drug-likeness (QED) is 0.871. The van der Waals surface area contributed by atoms with Crippen molar-refractivity contribution in [3.05, 3.63) is 46.6 Å². The van der Waals surface area contributed by atoms with E-state index in [1.165, 1.54) is 16.6 Å². The summed E-state index contributed by atoms with van der Waals surface area (Å²) in [7, 11) is -3.55. The van der Waals surface area contributed by atoms with Gasteiger partial charge in [0.1, 0.15) is 10.7 Å². The van der Waals surface area contributed by atoms with Crippen LogP contribution in [0.1, 0.15) is 0 Å². The number of rotatable bonds is 4. The Bertz CT molecular complexity index is 822. The number of nitrogens with one attached hydrogen (secondary N) is 1. The van der Waals surface area contributed by atoms with Crippen molar-refractivity contribution in [2.24, 2.45) is 0 Å². The van der Waals surface area contributed by atoms with Gasteiger partial charge in [0.25, 0.3) is 0 Å². The lowest BCUT2D eigenvalue weighted by atomic mass is 10.3. The Morgan fingerprint density at radius 3 is 2.54 bits per heavy atom. The van der Waals surface area contributed by atoms with Gasteiger partial charge in [-0.15, -0.1) is 0 Å². The van der Waals surface area contributed by atoms with Gasteiger partial charge in [-0.25, -0.2) is 13.4 Å². The third-order valence-electron chi connectivity index (χ3n) is 3.54. The molecule has 2 aromatic rings. The maximum atomic E-state index is 12.5. The van der Waals surface area contributed by atoms with Crippen LogP contribution in [0.25, 0.3) is 0 Å². The fraction of sp³-hybridized carbons (Fsp3) is 0.267. The summed E-state index contributed by atoms with van der Waals surface area (Å²) < 4.78 is 31.6. The van der Waals surface area contributed by atoms with Gasteiger partial charge in [0.2, 0.25) is 10.0 Å². The Labute approximate surface area is 150 Å². The summed E-state index contributed by atoms with van der Waals surface area (Å²) in [6.45, 7) is 1.50. The molecule has 128 valence electrons. The zero-order valence-electron chi connectivity index (χ0n) is 12.6. The molecule has 1 fully saturated rings. The number of nitrogens with zero attached hydrogens (tertiary/aromatic N) is 2. The van der Waals surface area contributed by atoms with Crippen LogP contribution in [0.4, 0.5) is 11.5 Å². The number of pyridine rings is 1. The Kier molecular flexibility index (Phi) is 5.27. The first-order valence-electron chi connectivity index (χ1n) is 7.23. The van der Waals surface area contributed by atoms with Crippen LogP contribution in [0.15, 0.2) is 41.4 Å². The number of hydrogen-bond donors (Lipinski definition) is 1. The van der Waals surface area contributed by atoms with Crippen LogP contribution >= 0.6 is 23.2 Å². The highest BCUT2D eigenvalue weighted by Crippen LogP contribution is 2.28. The van der Waals surface area contributed by atoms with Gasteiger partial charge < -0.3 is 10.1 Å². The van der Waals surface area contributed by atoms with Crippen LogP contribution in [0.5, 0.6) is 0 Å². The maximum absolute atomic E-state index is 12.5. The molecule has 0 radical (unpaired) electrons. The maximum Gasteiger partial charge on any atom is 0.244 e. The third kappa shape index (κ3) is 3.81. The molecule has 9 heteroatoms. The van der Waals surface area contributed by atoms with Gasteiger partial charge in [-0.2, -0.15) is 4.31 Å². The lowest BCUT2D eigenvalue weighted by Crippen LogP contribution is -2.40. The molecule has 0 bridgehead atoms. The van der Waals surface area contributed by atoms with Gasteiger partial charge >= 0.3 is 0 Å². The van der Waals surface area contributed by atoms with E-state index < -0.39 is 10.0 Å². The summed E-state index contributed by atoms with van der Waals surface area (Å²) >= 11 is 12.0. The van der Waals surface area contributed by atoms with E-state index in [-0.39, 0.29) is 4.90 Å². The molecule has 24 heavy (non-hydrogen) atoms. The summed E-state index contributed by atoms with van der Waals surface area (Å²) in [6, 6.07) is 8.12. The molecule has 0 saturated carbocycles. The zero-order valence-corrected chi connectivity index (χ0v) is 14.9. The first-order chi connectivity index (χ1) is 11.5. The Balaban J connectivity index is 1.79. The second kappa shape index (κ2) is 7.25. The van der Waals surface area contributed by atoms with Gasteiger partial charge in [0, 0.05) is 24.3 Å². The molecule has 0 amide bonds. The summed E-state index contributed by atoms with van der Waals surface area (Å²) in [5.41, 5.74) is 0.598. The SMILES string of the molecule is O=S(=O)(c1ccc(Nc2cc(Cl)ccc2Cl)nc1)N1CCOCC1. The summed E-state index contributed by atoms with van der Waals surface area (Å²) in [5.74, 6) is 0.472. The van der Waals surface area contributed by atoms with Crippen LogP contribution in [0.2, 0.25) is 10.0 Å². The van der Waals surface area contributed by atoms with Crippen molar-refractivity contribution in [1.82, 2.24) is 9.29 Å². The van der Waals surface area contributed by atoms with Crippen molar-refractivity contribution in [3.8, 4) is 0 Å². The van der Waals surface area contributed by atoms with E-state index in [0.29, 0.717) is 47.9 Å². The van der Waals surface area contributed by atoms with Crippen molar-refractivity contribution < 1.29 is 13.2 Å². The predicted octanol–water partition coefficient (Wildman–Crippen LogP) is 3.15. The van der Waals surface area contributed by atoms with E-state index >= 15 is 0 Å². The molecule has 0 spiro atoms. The molecule has 2 heterocycles. The van der Waals surface area contributed by atoms with E-state index in [1.807, 2.05) is 0 Å². The molecule has 0 atom stereocenters. The summed E-state index contributed by atoms with van der Waals surface area (Å²) in [5, 5.41) is 4.04. The van der Waals surface area contributed by atoms with E-state index in [2.05, 4.69) is 10.3 Å². The second-order valence-electron chi connectivity index (χ2n) is 5.14. The van der Waals surface area contributed by atoms with E-state index in [0.717, 1.165) is 0 Å². The molecule has 1 aromatic heterocycles. The number of anilines is 2. The van der Waals surface area contributed by atoms with Crippen LogP contribution in [0, 0.1) is 0 Å². The van der Waals surface area contributed by atoms with Crippen molar-refractivity contribution in [1.29, 1.82) is 0 Å². The van der Waals surface area contributed by atoms with E-state index in [1.54, 1.807) is 24.3 Å². The third-order valence-corrected chi connectivity index (χ3v) is 5.98. The Morgan fingerprint density at radius 2 is 1.88 bits per heavy atom. The normalized spacial score (nSPS) is 16.1. The van der Waals surface area contributed by atoms with E-state index in [4.69, 9.17) is 27.9 Å². The zero-order chi connectivity index (χ0) is 17.2. The Morgan fingerprint density at radius 1 is 1.12 bits per heavy atom. The molecule has 1 N–H and O–H groups in total. The van der Waals surface area contributed by atoms with E-state index in [9.17, 15) is 8.42 Å². The predicted molar refractivity (Wildman–Crippen MR) is 93.6 cm³/mol. The number of aromatic nitrogens is 1. The molecule has 1 aliphatic rings. The molecule has 1 aromatic carbocycles. The lowest BCUT2D eigenvalue weighted by molar-refractivity contribution is 0.0730. The van der Waals surface area contributed by atoms with Gasteiger partial charge in [-0.05, 0) is 30.3 Å². The van der Waals surface area contributed by atoms with Crippen molar-refractivity contribution in [2.45, 2.75) is 4.90 Å². The Hall–Kier alpha value is -1.38. The second-order valence-corrected chi connectivity index (χ2v) is 7.93. The average molecular weight is 388 g/mol. The highest BCUT2D eigenvalue weighted by molar-refractivity contribution is 7.89. The number of halogens is 2. The standard InChI is InChI=1S/C15H15Cl2N3O3S/c16-11-1-3-13(17)14(9-11)19-15-4-2-12(10-18-15)24(21,22)20-5-7-23-8-6-20/h1-4,9-10H,5-8H2,(H,18,19). The minimum Gasteiger partial charge on any atom is -0.379 e. The number of ether oxygens (including phenoxy) is 1. The molecule has 3 rings (SSSR count). The monoisotopic (exact) mass is 387 g/mol. The van der Waals surface area contributed by atoms with Gasteiger partial charge in [0.05, 0.1) is 23.9 Å². The molecule has 0 unspecified atom stereocenters. The molecule has 6 nitrogen and oxygen atoms in total. The fourth-order valence-electron chi connectivity index (χ4n) is 2.27. The minimum absolute atomic E-state index is 0.146. The first-order valence-corrected chi connectivity index (χ1v) is 9.42. The molecule has 1 aliphatic heterocycles. The topological polar surface area (TPSA) is 71.5 Å². The summed E-state index contributed by atoms with van der Waals surface area (Å²) in [6.07, 6.45) is 1.32. The summed E-state index contributed by atoms with van der Waals surface area (Å²) in [4.78, 5) is 4.30. The molecular weight excluding hydrogens is 373 g/mol. The van der Waals surface area contributed by atoms with Crippen molar-refractivity contribution in [3.63, 3.8) is 0 Å². The van der Waals surface area contributed by atoms with Crippen LogP contribution in [0.3, 0.4) is 0 Å². The fourth-order valence-corrected chi connectivity index (χ4v) is 3.96. The number of hydrogen-bond acceptors (Lipinski definition) is 5. The molecular formula is C15H15Cl2N3O3S. The largest absolute Gasteiger partial charge is 0.379 e. The minimum atomic E-state index is -3.55. The highest BCUT2D eigenvalue weighted by Gasteiger charge is 2.26. The number of benzene rings is 1. The number of sulfonamides is 1. The first kappa shape index (κ1) is 17.4. The van der Waals surface area contributed by atoms with Crippen molar-refractivity contribution in [2.75, 3.05) is 31.6 Å². The lowest BCUT2D eigenvalue weighted by Gasteiger charge is -2.25. The molecule has 1 saturated heterocycles. The van der Waals surface area contributed by atoms with Gasteiger partial charge in [0.15, 0.2) is 0 Å². The van der Waals surface area contributed by atoms with Gasteiger partial charge in [-0.3, -0.25) is 0 Å². The smallest absolute Gasteiger partial charge is 0.244 e. The van der Waals surface area contributed by atoms with Gasteiger partial charge in [-0.1, -0.05) is 23.2 Å². The van der Waals surface area contributed by atoms with Crippen LogP contribution in [-0.2, 0) is 14.8 Å².